The molecule has 3 atom stereocenters. The third kappa shape index (κ3) is 2.79. The van der Waals surface area contributed by atoms with Gasteiger partial charge in [0.15, 0.2) is 4.80 Å². The minimum atomic E-state index is -1.16. The second-order valence-corrected chi connectivity index (χ2v) is 8.83. The molecular weight excluding hydrogens is 416 g/mol. The molecule has 5 rings (SSSR count). The number of thiazole rings is 1. The highest BCUT2D eigenvalue weighted by Crippen LogP contribution is 2.47. The highest BCUT2D eigenvalue weighted by Gasteiger charge is 2.55. The van der Waals surface area contributed by atoms with Gasteiger partial charge in [-0.2, -0.15) is 5.10 Å². The molecule has 0 unspecified atom stereocenters. The van der Waals surface area contributed by atoms with E-state index in [-0.39, 0.29) is 5.56 Å². The Balaban J connectivity index is 1.78. The Labute approximate surface area is 182 Å². The van der Waals surface area contributed by atoms with Crippen LogP contribution in [0.5, 0.6) is 5.75 Å². The maximum Gasteiger partial charge on any atom is 0.317 e. The molecule has 0 fully saturated rings. The lowest BCUT2D eigenvalue weighted by atomic mass is 9.81. The minimum Gasteiger partial charge on any atom is -0.469 e. The summed E-state index contributed by atoms with van der Waals surface area (Å²) in [7, 11) is 1.34. The summed E-state index contributed by atoms with van der Waals surface area (Å²) in [5.74, 6) is -0.613. The first-order chi connectivity index (χ1) is 14.9. The van der Waals surface area contributed by atoms with Gasteiger partial charge in [0.05, 0.1) is 23.9 Å². The summed E-state index contributed by atoms with van der Waals surface area (Å²) in [5, 5.41) is 4.36. The molecule has 1 aromatic carbocycles. The predicted molar refractivity (Wildman–Crippen MR) is 115 cm³/mol. The highest BCUT2D eigenvalue weighted by atomic mass is 32.1. The predicted octanol–water partition coefficient (Wildman–Crippen LogP) is 1.38. The molecule has 8 nitrogen and oxygen atoms in total. The number of methoxy groups -OCH3 is 1. The number of esters is 1. The second-order valence-electron chi connectivity index (χ2n) is 7.82. The number of para-hydroxylation sites is 1. The number of carbonyl (C=O) groups is 1. The molecule has 4 heterocycles. The van der Waals surface area contributed by atoms with E-state index in [2.05, 4.69) is 5.10 Å². The van der Waals surface area contributed by atoms with Crippen molar-refractivity contribution in [2.45, 2.75) is 39.1 Å². The van der Waals surface area contributed by atoms with Crippen molar-refractivity contribution in [3.63, 3.8) is 0 Å². The third-order valence-corrected chi connectivity index (χ3v) is 7.05. The van der Waals surface area contributed by atoms with E-state index in [9.17, 15) is 9.59 Å². The summed E-state index contributed by atoms with van der Waals surface area (Å²) in [6.07, 6.45) is 3.60. The van der Waals surface area contributed by atoms with Crippen LogP contribution in [0.2, 0.25) is 0 Å². The number of nitrogens with zero attached hydrogens (tertiary/aromatic N) is 4. The zero-order valence-corrected chi connectivity index (χ0v) is 18.5. The Kier molecular flexibility index (Phi) is 4.40. The molecule has 2 bridgehead atoms. The summed E-state index contributed by atoms with van der Waals surface area (Å²) >= 11 is 1.29. The Morgan fingerprint density at radius 1 is 1.39 bits per heavy atom. The van der Waals surface area contributed by atoms with E-state index < -0.39 is 23.7 Å². The van der Waals surface area contributed by atoms with Gasteiger partial charge >= 0.3 is 5.97 Å². The summed E-state index contributed by atoms with van der Waals surface area (Å²) in [6.45, 7) is 6.52. The molecule has 0 saturated heterocycles. The van der Waals surface area contributed by atoms with Crippen molar-refractivity contribution < 1.29 is 14.3 Å². The lowest BCUT2D eigenvalue weighted by Gasteiger charge is -2.44. The molecule has 3 aromatic rings. The second kappa shape index (κ2) is 6.91. The lowest BCUT2D eigenvalue weighted by molar-refractivity contribution is -0.158. The highest BCUT2D eigenvalue weighted by molar-refractivity contribution is 7.07. The van der Waals surface area contributed by atoms with Gasteiger partial charge in [-0.1, -0.05) is 29.5 Å². The van der Waals surface area contributed by atoms with E-state index in [1.165, 1.54) is 18.4 Å². The van der Waals surface area contributed by atoms with Crippen LogP contribution in [0.15, 0.2) is 40.2 Å². The quantitative estimate of drug-likeness (QED) is 0.577. The minimum absolute atomic E-state index is 0.190. The number of hydrogen-bond donors (Lipinski definition) is 0. The van der Waals surface area contributed by atoms with E-state index in [1.807, 2.05) is 48.9 Å². The average Bonchev–Trinajstić information content (AvgIpc) is 3.25. The van der Waals surface area contributed by atoms with Crippen LogP contribution in [0.1, 0.15) is 36.7 Å². The van der Waals surface area contributed by atoms with Crippen molar-refractivity contribution in [1.82, 2.24) is 14.3 Å². The molecule has 0 saturated carbocycles. The van der Waals surface area contributed by atoms with Gasteiger partial charge in [0, 0.05) is 23.4 Å². The molecule has 160 valence electrons. The molecule has 0 amide bonds. The van der Waals surface area contributed by atoms with Gasteiger partial charge in [0.25, 0.3) is 5.56 Å². The van der Waals surface area contributed by atoms with Gasteiger partial charge in [0.1, 0.15) is 11.7 Å². The third-order valence-electron chi connectivity index (χ3n) is 6.06. The summed E-state index contributed by atoms with van der Waals surface area (Å²) in [6, 6.07) is 6.90. The van der Waals surface area contributed by atoms with Gasteiger partial charge < -0.3 is 9.47 Å². The van der Waals surface area contributed by atoms with Crippen LogP contribution in [0.25, 0.3) is 6.08 Å². The molecule has 0 aliphatic carbocycles. The number of aromatic nitrogens is 3. The van der Waals surface area contributed by atoms with Crippen LogP contribution in [0.4, 0.5) is 0 Å². The first-order valence-corrected chi connectivity index (χ1v) is 10.9. The zero-order valence-electron chi connectivity index (χ0n) is 17.7. The number of benzene rings is 1. The lowest BCUT2D eigenvalue weighted by Crippen LogP contribution is -2.58. The van der Waals surface area contributed by atoms with Crippen LogP contribution in [0, 0.1) is 12.8 Å². The van der Waals surface area contributed by atoms with Crippen molar-refractivity contribution in [1.29, 1.82) is 0 Å². The molecular formula is C22H22N4O4S. The van der Waals surface area contributed by atoms with E-state index in [4.69, 9.17) is 14.5 Å². The standard InChI is InChI=1S/C22H22N4O4S/c1-5-25-12(2)13(11-23-25)10-16-19(27)26-18-14-8-6-7-9-15(14)30-22(3,24-21(26)31-16)17(18)20(28)29-4/h6-11,17-18H,5H2,1-4H3/b16-10+/t17-,18-,22+/m0/s1. The van der Waals surface area contributed by atoms with E-state index in [0.717, 1.165) is 23.4 Å². The molecule has 9 heteroatoms. The Morgan fingerprint density at radius 2 is 2.16 bits per heavy atom. The van der Waals surface area contributed by atoms with Crippen LogP contribution in [0.3, 0.4) is 0 Å². The fourth-order valence-corrected chi connectivity index (χ4v) is 5.58. The number of ether oxygens (including phenoxy) is 2. The fraction of sp³-hybridized carbons (Fsp3) is 0.364. The number of carbonyl (C=O) groups excluding carboxylic acids is 1. The monoisotopic (exact) mass is 438 g/mol. The van der Waals surface area contributed by atoms with Crippen molar-refractivity contribution in [2.75, 3.05) is 7.11 Å². The van der Waals surface area contributed by atoms with Gasteiger partial charge in [-0.05, 0) is 32.9 Å². The Bertz CT molecular complexity index is 1390. The van der Waals surface area contributed by atoms with Crippen molar-refractivity contribution in [3.05, 3.63) is 67.0 Å². The van der Waals surface area contributed by atoms with Crippen LogP contribution in [-0.4, -0.2) is 33.2 Å². The fourth-order valence-electron chi connectivity index (χ4n) is 4.49. The van der Waals surface area contributed by atoms with E-state index in [0.29, 0.717) is 15.1 Å². The molecule has 0 spiro atoms. The normalized spacial score (nSPS) is 24.1. The van der Waals surface area contributed by atoms with Gasteiger partial charge in [-0.25, -0.2) is 4.99 Å². The molecule has 2 aromatic heterocycles. The largest absolute Gasteiger partial charge is 0.469 e. The van der Waals surface area contributed by atoms with E-state index in [1.54, 1.807) is 17.7 Å². The molecule has 0 N–H and O–H groups in total. The zero-order chi connectivity index (χ0) is 21.9. The molecule has 0 radical (unpaired) electrons. The summed E-state index contributed by atoms with van der Waals surface area (Å²) in [5.41, 5.74) is 1.29. The maximum absolute atomic E-state index is 13.5. The van der Waals surface area contributed by atoms with Crippen molar-refractivity contribution >= 4 is 23.4 Å². The van der Waals surface area contributed by atoms with Crippen molar-refractivity contribution in [2.24, 2.45) is 10.9 Å². The number of rotatable bonds is 3. The number of fused-ring (bicyclic) bond motifs is 6. The topological polar surface area (TPSA) is 87.7 Å². The Morgan fingerprint density at radius 3 is 2.87 bits per heavy atom. The van der Waals surface area contributed by atoms with E-state index >= 15 is 0 Å². The Hall–Kier alpha value is -3.20. The van der Waals surface area contributed by atoms with Crippen LogP contribution < -0.4 is 19.6 Å². The van der Waals surface area contributed by atoms with Crippen molar-refractivity contribution in [3.8, 4) is 5.75 Å². The van der Waals surface area contributed by atoms with Crippen LogP contribution >= 0.6 is 11.3 Å². The SMILES string of the molecule is CCn1ncc(/C=c2/sc3n(c2=O)[C@H]2c4ccccc4O[C@@](C)(N=3)[C@@H]2C(=O)OC)c1C. The van der Waals surface area contributed by atoms with Gasteiger partial charge in [-0.3, -0.25) is 18.8 Å². The van der Waals surface area contributed by atoms with Gasteiger partial charge in [-0.15, -0.1) is 0 Å². The number of aryl methyl sites for hydroxylation is 1. The smallest absolute Gasteiger partial charge is 0.317 e. The number of hydrogen-bond acceptors (Lipinski definition) is 7. The summed E-state index contributed by atoms with van der Waals surface area (Å²) < 4.78 is 15.3. The first-order valence-electron chi connectivity index (χ1n) is 10.1. The average molecular weight is 439 g/mol. The molecule has 2 aliphatic heterocycles. The molecule has 31 heavy (non-hydrogen) atoms. The first kappa shape index (κ1) is 19.7. The van der Waals surface area contributed by atoms with Gasteiger partial charge in [0.2, 0.25) is 5.72 Å². The maximum atomic E-state index is 13.5. The van der Waals surface area contributed by atoms with Crippen LogP contribution in [-0.2, 0) is 16.1 Å². The summed E-state index contributed by atoms with van der Waals surface area (Å²) in [4.78, 5) is 31.6. The molecule has 2 aliphatic rings.